The number of hydrogen-bond acceptors (Lipinski definition) is 3. The van der Waals surface area contributed by atoms with E-state index < -0.39 is 14.7 Å². The molecule has 0 amide bonds. The van der Waals surface area contributed by atoms with Crippen LogP contribution in [0.2, 0.25) is 0 Å². The fraction of sp³-hybridized carbons (Fsp3) is 0.667. The van der Waals surface area contributed by atoms with Gasteiger partial charge >= 0.3 is 5.97 Å². The summed E-state index contributed by atoms with van der Waals surface area (Å²) >= 11 is 14.4. The average Bonchev–Trinajstić information content (AvgIpc) is 1.59. The van der Waals surface area contributed by atoms with Gasteiger partial charge in [0.05, 0.1) is 0 Å². The van der Waals surface area contributed by atoms with E-state index in [9.17, 15) is 4.79 Å². The number of carboxylic acids is 1. The first-order valence-corrected chi connectivity index (χ1v) is 3.19. The Morgan fingerprint density at radius 1 is 1.55 bits per heavy atom. The van der Waals surface area contributed by atoms with Gasteiger partial charge in [-0.25, -0.2) is 4.79 Å². The van der Waals surface area contributed by atoms with Gasteiger partial charge in [-0.1, -0.05) is 34.8 Å². The number of carboxylic acid groups (broad SMARTS) is 1. The molecular weight excluding hydrogens is 220 g/mol. The number of nitro groups is 1. The number of nitrogens with zero attached hydrogens (tertiary/aromatic N) is 1. The van der Waals surface area contributed by atoms with E-state index in [1.54, 1.807) is 0 Å². The first kappa shape index (κ1) is 13.3. The number of carbonyl (C=O) groups is 1. The Kier molecular flexibility index (Phi) is 6.55. The highest BCUT2D eigenvalue weighted by atomic mass is 35.6. The molecule has 0 aromatic rings. The Bertz CT molecular complexity index is 149. The molecule has 0 spiro atoms. The summed E-state index contributed by atoms with van der Waals surface area (Å²) in [5.74, 6) is -1.46. The molecule has 0 atom stereocenters. The van der Waals surface area contributed by atoms with Crippen LogP contribution in [0.4, 0.5) is 0 Å². The van der Waals surface area contributed by atoms with Gasteiger partial charge in [-0.3, -0.25) is 10.1 Å². The first-order chi connectivity index (χ1) is 4.68. The lowest BCUT2D eigenvalue weighted by Gasteiger charge is -1.99. The van der Waals surface area contributed by atoms with Crippen molar-refractivity contribution >= 4 is 40.8 Å². The Morgan fingerprint density at radius 3 is 1.64 bits per heavy atom. The largest absolute Gasteiger partial charge is 0.478 e. The van der Waals surface area contributed by atoms with E-state index in [0.29, 0.717) is 0 Å². The number of hydrogen-bond donors (Lipinski definition) is 1. The van der Waals surface area contributed by atoms with Crippen molar-refractivity contribution in [3.05, 3.63) is 10.1 Å². The summed E-state index contributed by atoms with van der Waals surface area (Å²) in [6.07, 6.45) is 0. The predicted octanol–water partition coefficient (Wildman–Crippen LogP) is 1.33. The van der Waals surface area contributed by atoms with Crippen molar-refractivity contribution in [2.45, 2.75) is 3.79 Å². The van der Waals surface area contributed by atoms with Gasteiger partial charge in [-0.05, 0) is 0 Å². The van der Waals surface area contributed by atoms with Gasteiger partial charge in [0.2, 0.25) is 0 Å². The topological polar surface area (TPSA) is 80.4 Å². The third-order valence-corrected chi connectivity index (χ3v) is 0.728. The van der Waals surface area contributed by atoms with Crippen LogP contribution in [0, 0.1) is 10.1 Å². The molecule has 0 heterocycles. The van der Waals surface area contributed by atoms with Crippen molar-refractivity contribution in [2.75, 3.05) is 7.05 Å². The minimum Gasteiger partial charge on any atom is -0.478 e. The standard InChI is InChI=1S/C2HCl3O2.CH3NO2/c3-2(4,5)1(6)7;1-2(3)4/h(H,6,7);1H3. The molecule has 0 aliphatic carbocycles. The van der Waals surface area contributed by atoms with E-state index in [-0.39, 0.29) is 0 Å². The summed E-state index contributed by atoms with van der Waals surface area (Å²) < 4.78 is -2.17. The van der Waals surface area contributed by atoms with Gasteiger partial charge in [-0.2, -0.15) is 0 Å². The molecule has 0 aliphatic rings. The molecule has 0 unspecified atom stereocenters. The van der Waals surface area contributed by atoms with Crippen molar-refractivity contribution in [3.8, 4) is 0 Å². The van der Waals surface area contributed by atoms with Crippen LogP contribution in [0.25, 0.3) is 0 Å². The first-order valence-electron chi connectivity index (χ1n) is 2.06. The molecular formula is C3H4Cl3NO4. The molecule has 0 saturated heterocycles. The highest BCUT2D eigenvalue weighted by Gasteiger charge is 2.29. The molecule has 1 N–H and O–H groups in total. The molecule has 5 nitrogen and oxygen atoms in total. The summed E-state index contributed by atoms with van der Waals surface area (Å²) in [4.78, 5) is 17.9. The lowest BCUT2D eigenvalue weighted by Crippen LogP contribution is -2.16. The Hall–Kier alpha value is -0.260. The highest BCUT2D eigenvalue weighted by molar-refractivity contribution is 6.75. The molecule has 0 aromatic carbocycles. The van der Waals surface area contributed by atoms with E-state index in [2.05, 4.69) is 0 Å². The van der Waals surface area contributed by atoms with Crippen LogP contribution in [0.1, 0.15) is 0 Å². The molecule has 0 bridgehead atoms. The van der Waals surface area contributed by atoms with Crippen molar-refractivity contribution in [1.29, 1.82) is 0 Å². The zero-order valence-corrected chi connectivity index (χ0v) is 7.52. The predicted molar refractivity (Wildman–Crippen MR) is 40.8 cm³/mol. The van der Waals surface area contributed by atoms with Crippen LogP contribution in [-0.2, 0) is 4.79 Å². The zero-order chi connectivity index (χ0) is 9.65. The smallest absolute Gasteiger partial charge is 0.356 e. The van der Waals surface area contributed by atoms with Crippen LogP contribution in [0.5, 0.6) is 0 Å². The normalized spacial score (nSPS) is 9.45. The monoisotopic (exact) mass is 223 g/mol. The third-order valence-electron chi connectivity index (χ3n) is 0.243. The van der Waals surface area contributed by atoms with Gasteiger partial charge < -0.3 is 5.11 Å². The van der Waals surface area contributed by atoms with Gasteiger partial charge in [0.1, 0.15) is 0 Å². The number of aliphatic carboxylic acids is 1. The third kappa shape index (κ3) is 17.7. The Balaban J connectivity index is 0. The maximum Gasteiger partial charge on any atom is 0.356 e. The van der Waals surface area contributed by atoms with Crippen molar-refractivity contribution in [3.63, 3.8) is 0 Å². The quantitative estimate of drug-likeness (QED) is 0.382. The summed E-state index contributed by atoms with van der Waals surface area (Å²) in [5, 5.41) is 16.7. The van der Waals surface area contributed by atoms with Crippen molar-refractivity contribution in [2.24, 2.45) is 0 Å². The molecule has 0 aliphatic heterocycles. The molecule has 0 saturated carbocycles. The minimum absolute atomic E-state index is 0.500. The van der Waals surface area contributed by atoms with E-state index >= 15 is 0 Å². The molecule has 11 heavy (non-hydrogen) atoms. The van der Waals surface area contributed by atoms with Crippen LogP contribution in [-0.4, -0.2) is 26.8 Å². The maximum atomic E-state index is 9.62. The minimum atomic E-state index is -2.17. The van der Waals surface area contributed by atoms with Gasteiger partial charge in [-0.15, -0.1) is 0 Å². The van der Waals surface area contributed by atoms with Crippen molar-refractivity contribution < 1.29 is 14.8 Å². The fourth-order valence-electron chi connectivity index (χ4n) is 0. The molecule has 0 aromatic heterocycles. The molecule has 0 rings (SSSR count). The second-order valence-electron chi connectivity index (χ2n) is 1.24. The maximum absolute atomic E-state index is 9.62. The van der Waals surface area contributed by atoms with Gasteiger partial charge in [0.15, 0.2) is 7.05 Å². The molecule has 0 radical (unpaired) electrons. The summed E-state index contributed by atoms with van der Waals surface area (Å²) in [7, 11) is 0.889. The summed E-state index contributed by atoms with van der Waals surface area (Å²) in [5.41, 5.74) is 0. The summed E-state index contributed by atoms with van der Waals surface area (Å²) in [6, 6.07) is 0. The van der Waals surface area contributed by atoms with Gasteiger partial charge in [0, 0.05) is 4.92 Å². The van der Waals surface area contributed by atoms with E-state index in [1.165, 1.54) is 0 Å². The fourth-order valence-corrected chi connectivity index (χ4v) is 0. The van der Waals surface area contributed by atoms with Crippen LogP contribution in [0.15, 0.2) is 0 Å². The second kappa shape index (κ2) is 5.40. The number of alkyl halides is 3. The van der Waals surface area contributed by atoms with Gasteiger partial charge in [0.25, 0.3) is 3.79 Å². The van der Waals surface area contributed by atoms with E-state index in [4.69, 9.17) is 50.0 Å². The Labute approximate surface area is 77.0 Å². The van der Waals surface area contributed by atoms with E-state index in [1.807, 2.05) is 0 Å². The van der Waals surface area contributed by atoms with Crippen molar-refractivity contribution in [1.82, 2.24) is 0 Å². The number of rotatable bonds is 0. The Morgan fingerprint density at radius 2 is 1.64 bits per heavy atom. The molecule has 0 fully saturated rings. The number of halogens is 3. The average molecular weight is 224 g/mol. The molecule has 8 heteroatoms. The van der Waals surface area contributed by atoms with Crippen LogP contribution in [0.3, 0.4) is 0 Å². The van der Waals surface area contributed by atoms with E-state index in [0.717, 1.165) is 7.05 Å². The lowest BCUT2D eigenvalue weighted by atomic mass is 10.8. The van der Waals surface area contributed by atoms with Crippen LogP contribution >= 0.6 is 34.8 Å². The zero-order valence-electron chi connectivity index (χ0n) is 5.25. The summed E-state index contributed by atoms with van der Waals surface area (Å²) in [6.45, 7) is 0. The van der Waals surface area contributed by atoms with Crippen LogP contribution < -0.4 is 0 Å². The lowest BCUT2D eigenvalue weighted by molar-refractivity contribution is -0.445. The molecule has 66 valence electrons. The second-order valence-corrected chi connectivity index (χ2v) is 3.52. The highest BCUT2D eigenvalue weighted by Crippen LogP contribution is 2.25. The SMILES string of the molecule is C[N+](=O)[O-].O=C(O)C(Cl)(Cl)Cl.